The maximum atomic E-state index is 12.1. The number of halogens is 5. The molecule has 1 rings (SSSR count). The molecule has 0 N–H and O–H groups in total. The number of ether oxygens (including phenoxy) is 1. The van der Waals surface area contributed by atoms with Gasteiger partial charge in [0.2, 0.25) is 0 Å². The molecule has 0 heterocycles. The SMILES string of the molecule is O=C(CCl)Cc1cccc(Cl)c1OC(F)(F)F. The lowest BCUT2D eigenvalue weighted by Gasteiger charge is -2.14. The molecule has 2 nitrogen and oxygen atoms in total. The summed E-state index contributed by atoms with van der Waals surface area (Å²) in [6, 6.07) is 4.01. The predicted molar refractivity (Wildman–Crippen MR) is 57.6 cm³/mol. The van der Waals surface area contributed by atoms with Crippen molar-refractivity contribution in [3.05, 3.63) is 28.8 Å². The number of benzene rings is 1. The minimum atomic E-state index is -4.86. The average Bonchev–Trinajstić information content (AvgIpc) is 2.21. The third kappa shape index (κ3) is 4.44. The minimum absolute atomic E-state index is 0.0560. The molecule has 0 aliphatic rings. The summed E-state index contributed by atoms with van der Waals surface area (Å²) in [5, 5.41) is -0.206. The number of para-hydroxylation sites is 1. The molecule has 0 aliphatic carbocycles. The molecular weight excluding hydrogens is 280 g/mol. The molecule has 94 valence electrons. The van der Waals surface area contributed by atoms with E-state index < -0.39 is 17.9 Å². The number of hydrogen-bond acceptors (Lipinski definition) is 2. The van der Waals surface area contributed by atoms with Crippen molar-refractivity contribution in [2.24, 2.45) is 0 Å². The van der Waals surface area contributed by atoms with Crippen LogP contribution in [0.5, 0.6) is 5.75 Å². The van der Waals surface area contributed by atoms with Crippen LogP contribution in [-0.4, -0.2) is 18.0 Å². The van der Waals surface area contributed by atoms with Gasteiger partial charge in [-0.1, -0.05) is 23.7 Å². The van der Waals surface area contributed by atoms with Gasteiger partial charge in [-0.25, -0.2) is 0 Å². The van der Waals surface area contributed by atoms with Crippen LogP contribution in [-0.2, 0) is 11.2 Å². The van der Waals surface area contributed by atoms with E-state index in [2.05, 4.69) is 4.74 Å². The van der Waals surface area contributed by atoms with Gasteiger partial charge in [0.15, 0.2) is 11.5 Å². The van der Waals surface area contributed by atoms with Crippen molar-refractivity contribution in [1.82, 2.24) is 0 Å². The van der Waals surface area contributed by atoms with E-state index in [9.17, 15) is 18.0 Å². The van der Waals surface area contributed by atoms with Gasteiger partial charge in [-0.05, 0) is 6.07 Å². The first-order valence-corrected chi connectivity index (χ1v) is 5.35. The van der Waals surface area contributed by atoms with Gasteiger partial charge in [0.05, 0.1) is 10.9 Å². The van der Waals surface area contributed by atoms with E-state index in [1.807, 2.05) is 0 Å². The maximum absolute atomic E-state index is 12.1. The molecule has 1 aromatic rings. The fraction of sp³-hybridized carbons (Fsp3) is 0.300. The molecule has 0 radical (unpaired) electrons. The quantitative estimate of drug-likeness (QED) is 0.791. The van der Waals surface area contributed by atoms with E-state index in [1.54, 1.807) is 0 Å². The van der Waals surface area contributed by atoms with Crippen LogP contribution in [0.2, 0.25) is 5.02 Å². The molecular formula is C10H7Cl2F3O2. The fourth-order valence-corrected chi connectivity index (χ4v) is 1.51. The smallest absolute Gasteiger partial charge is 0.404 e. The van der Waals surface area contributed by atoms with Crippen molar-refractivity contribution >= 4 is 29.0 Å². The van der Waals surface area contributed by atoms with E-state index in [0.717, 1.165) is 0 Å². The molecule has 0 fully saturated rings. The van der Waals surface area contributed by atoms with Crippen LogP contribution in [0, 0.1) is 0 Å². The van der Waals surface area contributed by atoms with Crippen LogP contribution in [0.1, 0.15) is 5.56 Å². The molecule has 0 spiro atoms. The first-order chi connectivity index (χ1) is 7.83. The zero-order valence-electron chi connectivity index (χ0n) is 8.35. The lowest BCUT2D eigenvalue weighted by Crippen LogP contribution is -2.19. The number of carbonyl (C=O) groups is 1. The molecule has 0 bridgehead atoms. The Hall–Kier alpha value is -0.940. The molecule has 0 saturated carbocycles. The molecule has 0 amide bonds. The summed E-state index contributed by atoms with van der Waals surface area (Å²) in [6.45, 7) is 0. The second kappa shape index (κ2) is 5.60. The summed E-state index contributed by atoms with van der Waals surface area (Å²) in [7, 11) is 0. The van der Waals surface area contributed by atoms with Crippen molar-refractivity contribution in [2.75, 3.05) is 5.88 Å². The van der Waals surface area contributed by atoms with E-state index in [1.165, 1.54) is 18.2 Å². The topological polar surface area (TPSA) is 26.3 Å². The monoisotopic (exact) mass is 286 g/mol. The lowest BCUT2D eigenvalue weighted by atomic mass is 10.1. The van der Waals surface area contributed by atoms with E-state index in [-0.39, 0.29) is 22.9 Å². The van der Waals surface area contributed by atoms with E-state index in [0.29, 0.717) is 0 Å². The summed E-state index contributed by atoms with van der Waals surface area (Å²) in [5.74, 6) is -1.25. The number of Topliss-reactive ketones (excluding diaryl/α,β-unsaturated/α-hetero) is 1. The van der Waals surface area contributed by atoms with Gasteiger partial charge < -0.3 is 4.74 Å². The second-order valence-corrected chi connectivity index (χ2v) is 3.80. The zero-order chi connectivity index (χ0) is 13.1. The van der Waals surface area contributed by atoms with Crippen molar-refractivity contribution in [3.63, 3.8) is 0 Å². The van der Waals surface area contributed by atoms with Crippen LogP contribution < -0.4 is 4.74 Å². The Labute approximate surface area is 105 Å². The molecule has 0 atom stereocenters. The standard InChI is InChI=1S/C10H7Cl2F3O2/c11-5-7(16)4-6-2-1-3-8(12)9(6)17-10(13,14)15/h1-3H,4-5H2. The number of ketones is 1. The molecule has 7 heteroatoms. The Balaban J connectivity index is 3.04. The third-order valence-electron chi connectivity index (χ3n) is 1.80. The van der Waals surface area contributed by atoms with Gasteiger partial charge >= 0.3 is 6.36 Å². The highest BCUT2D eigenvalue weighted by molar-refractivity contribution is 6.32. The first kappa shape index (κ1) is 14.1. The fourth-order valence-electron chi connectivity index (χ4n) is 1.18. The van der Waals surface area contributed by atoms with Crippen molar-refractivity contribution in [1.29, 1.82) is 0 Å². The highest BCUT2D eigenvalue weighted by Gasteiger charge is 2.33. The minimum Gasteiger partial charge on any atom is -0.404 e. The zero-order valence-corrected chi connectivity index (χ0v) is 9.86. The summed E-state index contributed by atoms with van der Waals surface area (Å²) in [4.78, 5) is 11.1. The third-order valence-corrected chi connectivity index (χ3v) is 2.40. The molecule has 17 heavy (non-hydrogen) atoms. The number of rotatable bonds is 4. The van der Waals surface area contributed by atoms with Crippen LogP contribution in [0.15, 0.2) is 18.2 Å². The Morgan fingerprint density at radius 2 is 2.00 bits per heavy atom. The second-order valence-electron chi connectivity index (χ2n) is 3.12. The van der Waals surface area contributed by atoms with Crippen molar-refractivity contribution in [2.45, 2.75) is 12.8 Å². The van der Waals surface area contributed by atoms with Gasteiger partial charge in [-0.3, -0.25) is 4.79 Å². The van der Waals surface area contributed by atoms with Crippen molar-refractivity contribution in [3.8, 4) is 5.75 Å². The first-order valence-electron chi connectivity index (χ1n) is 4.44. The van der Waals surface area contributed by atoms with Crippen LogP contribution in [0.3, 0.4) is 0 Å². The Morgan fingerprint density at radius 3 is 2.53 bits per heavy atom. The van der Waals surface area contributed by atoms with Crippen LogP contribution in [0.25, 0.3) is 0 Å². The van der Waals surface area contributed by atoms with Gasteiger partial charge in [0, 0.05) is 12.0 Å². The number of hydrogen-bond donors (Lipinski definition) is 0. The Morgan fingerprint density at radius 1 is 1.35 bits per heavy atom. The summed E-state index contributed by atoms with van der Waals surface area (Å²) < 4.78 is 40.2. The largest absolute Gasteiger partial charge is 0.573 e. The molecule has 1 aromatic carbocycles. The maximum Gasteiger partial charge on any atom is 0.573 e. The lowest BCUT2D eigenvalue weighted by molar-refractivity contribution is -0.274. The molecule has 0 saturated heterocycles. The summed E-state index contributed by atoms with van der Waals surface area (Å²) >= 11 is 10.9. The van der Waals surface area contributed by atoms with Gasteiger partial charge in [0.25, 0.3) is 0 Å². The van der Waals surface area contributed by atoms with Crippen molar-refractivity contribution < 1.29 is 22.7 Å². The highest BCUT2D eigenvalue weighted by Crippen LogP contribution is 2.33. The number of alkyl halides is 4. The van der Waals surface area contributed by atoms with E-state index in [4.69, 9.17) is 23.2 Å². The average molecular weight is 287 g/mol. The van der Waals surface area contributed by atoms with Gasteiger partial charge in [-0.15, -0.1) is 24.8 Å². The predicted octanol–water partition coefficient (Wildman–Crippen LogP) is 3.59. The van der Waals surface area contributed by atoms with E-state index >= 15 is 0 Å². The summed E-state index contributed by atoms with van der Waals surface area (Å²) in [5.41, 5.74) is 0.0560. The highest BCUT2D eigenvalue weighted by atomic mass is 35.5. The van der Waals surface area contributed by atoms with Crippen LogP contribution >= 0.6 is 23.2 Å². The molecule has 0 unspecified atom stereocenters. The Kier molecular flexibility index (Phi) is 4.65. The molecule has 0 aliphatic heterocycles. The summed E-state index contributed by atoms with van der Waals surface area (Å²) in [6.07, 6.45) is -5.11. The van der Waals surface area contributed by atoms with Gasteiger partial charge in [-0.2, -0.15) is 0 Å². The molecule has 0 aromatic heterocycles. The normalized spacial score (nSPS) is 11.4. The Bertz CT molecular complexity index is 419. The van der Waals surface area contributed by atoms with Crippen LogP contribution in [0.4, 0.5) is 13.2 Å². The van der Waals surface area contributed by atoms with Gasteiger partial charge in [0.1, 0.15) is 0 Å². The number of carbonyl (C=O) groups excluding carboxylic acids is 1.